The van der Waals surface area contributed by atoms with Gasteiger partial charge in [0.2, 0.25) is 17.7 Å². The molecule has 1 amide bonds. The van der Waals surface area contributed by atoms with Gasteiger partial charge in [0.25, 0.3) is 0 Å². The van der Waals surface area contributed by atoms with E-state index in [2.05, 4.69) is 20.2 Å². The van der Waals surface area contributed by atoms with Crippen LogP contribution in [0.3, 0.4) is 0 Å². The number of hydrogen-bond donors (Lipinski definition) is 1. The van der Waals surface area contributed by atoms with Crippen molar-refractivity contribution in [1.29, 1.82) is 0 Å². The van der Waals surface area contributed by atoms with Gasteiger partial charge in [-0.15, -0.1) is 24.8 Å². The lowest BCUT2D eigenvalue weighted by Crippen LogP contribution is -2.43. The molecule has 0 spiro atoms. The maximum absolute atomic E-state index is 12.4. The number of hydrogen-bond acceptors (Lipinski definition) is 6. The van der Waals surface area contributed by atoms with Gasteiger partial charge in [-0.05, 0) is 19.9 Å². The Balaban J connectivity index is 0.00000264. The van der Waals surface area contributed by atoms with Gasteiger partial charge in [0.1, 0.15) is 0 Å². The lowest BCUT2D eigenvalue weighted by atomic mass is 9.95. The van der Waals surface area contributed by atoms with Crippen LogP contribution >= 0.6 is 24.8 Å². The molecule has 1 aliphatic rings. The second-order valence-electron chi connectivity index (χ2n) is 5.52. The predicted molar refractivity (Wildman–Crippen MR) is 99.6 cm³/mol. The number of ether oxygens (including phenoxy) is 1. The van der Waals surface area contributed by atoms with Crippen molar-refractivity contribution in [3.05, 3.63) is 12.3 Å². The van der Waals surface area contributed by atoms with Crippen molar-refractivity contribution in [2.45, 2.75) is 12.8 Å². The molecule has 7 nitrogen and oxygen atoms in total. The van der Waals surface area contributed by atoms with Crippen LogP contribution in [0.5, 0.6) is 5.88 Å². The molecule has 0 atom stereocenters. The number of amides is 1. The average Bonchev–Trinajstić information content (AvgIpc) is 2.59. The van der Waals surface area contributed by atoms with Crippen molar-refractivity contribution in [2.75, 3.05) is 52.3 Å². The number of halogens is 2. The first-order valence-corrected chi connectivity index (χ1v) is 7.67. The van der Waals surface area contributed by atoms with Crippen molar-refractivity contribution < 1.29 is 9.53 Å². The van der Waals surface area contributed by atoms with E-state index in [4.69, 9.17) is 4.74 Å². The van der Waals surface area contributed by atoms with Crippen molar-refractivity contribution in [3.63, 3.8) is 0 Å². The summed E-state index contributed by atoms with van der Waals surface area (Å²) in [6, 6.07) is 1.73. The summed E-state index contributed by atoms with van der Waals surface area (Å²) in [6.45, 7) is 3.15. The first-order chi connectivity index (χ1) is 10.7. The molecule has 0 aromatic carbocycles. The number of likely N-dealkylation sites (N-methyl/N-ethyl adjacent to an activating group) is 2. The first kappa shape index (κ1) is 22.7. The van der Waals surface area contributed by atoms with Gasteiger partial charge in [-0.1, -0.05) is 0 Å². The second kappa shape index (κ2) is 11.3. The molecule has 0 radical (unpaired) electrons. The van der Waals surface area contributed by atoms with Crippen LogP contribution in [0.25, 0.3) is 0 Å². The molecule has 0 bridgehead atoms. The van der Waals surface area contributed by atoms with E-state index < -0.39 is 0 Å². The summed E-state index contributed by atoms with van der Waals surface area (Å²) >= 11 is 0. The van der Waals surface area contributed by atoms with Crippen molar-refractivity contribution in [1.82, 2.24) is 20.2 Å². The number of aromatic nitrogens is 2. The van der Waals surface area contributed by atoms with Crippen LogP contribution in [0.1, 0.15) is 12.8 Å². The number of carbonyl (C=O) groups excluding carboxylic acids is 1. The molecule has 138 valence electrons. The molecular weight excluding hydrogens is 353 g/mol. The first-order valence-electron chi connectivity index (χ1n) is 7.67. The van der Waals surface area contributed by atoms with Gasteiger partial charge in [-0.25, -0.2) is 4.98 Å². The monoisotopic (exact) mass is 379 g/mol. The van der Waals surface area contributed by atoms with Crippen LogP contribution in [-0.2, 0) is 4.79 Å². The highest BCUT2D eigenvalue weighted by molar-refractivity contribution is 5.85. The van der Waals surface area contributed by atoms with Gasteiger partial charge >= 0.3 is 0 Å². The minimum Gasteiger partial charge on any atom is -0.481 e. The number of anilines is 1. The summed E-state index contributed by atoms with van der Waals surface area (Å²) in [4.78, 5) is 24.9. The van der Waals surface area contributed by atoms with Gasteiger partial charge in [-0.3, -0.25) is 4.79 Å². The smallest absolute Gasteiger partial charge is 0.228 e. The fourth-order valence-corrected chi connectivity index (χ4v) is 2.63. The fourth-order valence-electron chi connectivity index (χ4n) is 2.63. The van der Waals surface area contributed by atoms with Crippen LogP contribution in [0.2, 0.25) is 0 Å². The zero-order valence-corrected chi connectivity index (χ0v) is 16.0. The highest BCUT2D eigenvalue weighted by Crippen LogP contribution is 2.23. The molecule has 1 fully saturated rings. The summed E-state index contributed by atoms with van der Waals surface area (Å²) in [5.41, 5.74) is 0. The van der Waals surface area contributed by atoms with Crippen molar-refractivity contribution in [3.8, 4) is 5.88 Å². The number of carbonyl (C=O) groups is 1. The molecule has 24 heavy (non-hydrogen) atoms. The third-order valence-electron chi connectivity index (χ3n) is 4.03. The largest absolute Gasteiger partial charge is 0.481 e. The van der Waals surface area contributed by atoms with Crippen LogP contribution in [0.4, 0.5) is 5.95 Å². The standard InChI is InChI=1S/C15H25N5O2.2ClH/c1-16-8-11-19(2)14(21)12-5-9-20(10-6-12)15-17-7-4-13(18-15)22-3;;/h4,7,12,16H,5-6,8-11H2,1-3H3;2*1H. The van der Waals surface area contributed by atoms with Gasteiger partial charge in [-0.2, -0.15) is 4.98 Å². The van der Waals surface area contributed by atoms with E-state index in [1.54, 1.807) is 19.4 Å². The van der Waals surface area contributed by atoms with E-state index in [0.29, 0.717) is 11.8 Å². The number of nitrogens with one attached hydrogen (secondary N) is 1. The van der Waals surface area contributed by atoms with Crippen LogP contribution in [0.15, 0.2) is 12.3 Å². The predicted octanol–water partition coefficient (Wildman–Crippen LogP) is 1.22. The Morgan fingerprint density at radius 1 is 1.42 bits per heavy atom. The zero-order valence-electron chi connectivity index (χ0n) is 14.4. The summed E-state index contributed by atoms with van der Waals surface area (Å²) in [7, 11) is 5.36. The van der Waals surface area contributed by atoms with E-state index in [-0.39, 0.29) is 36.6 Å². The Kier molecular flexibility index (Phi) is 10.7. The minimum atomic E-state index is 0. The molecule has 9 heteroatoms. The van der Waals surface area contributed by atoms with Gasteiger partial charge in [0.05, 0.1) is 7.11 Å². The maximum atomic E-state index is 12.4. The number of rotatable bonds is 6. The Morgan fingerprint density at radius 3 is 2.67 bits per heavy atom. The third kappa shape index (κ3) is 5.96. The fraction of sp³-hybridized carbons (Fsp3) is 0.667. The molecule has 1 aromatic heterocycles. The van der Waals surface area contributed by atoms with E-state index in [1.165, 1.54) is 0 Å². The van der Waals surface area contributed by atoms with Gasteiger partial charge < -0.3 is 19.9 Å². The number of piperidine rings is 1. The number of methoxy groups -OCH3 is 1. The molecule has 2 heterocycles. The van der Waals surface area contributed by atoms with E-state index in [0.717, 1.165) is 39.0 Å². The molecule has 1 aliphatic heterocycles. The van der Waals surface area contributed by atoms with Crippen LogP contribution in [0, 0.1) is 5.92 Å². The third-order valence-corrected chi connectivity index (χ3v) is 4.03. The highest BCUT2D eigenvalue weighted by atomic mass is 35.5. The van der Waals surface area contributed by atoms with Gasteiger partial charge in [0.15, 0.2) is 0 Å². The molecular formula is C15H27Cl2N5O2. The lowest BCUT2D eigenvalue weighted by molar-refractivity contribution is -0.134. The SMILES string of the molecule is CNCCN(C)C(=O)C1CCN(c2nccc(OC)n2)CC1.Cl.Cl. The normalized spacial score (nSPS) is 14.4. The van der Waals surface area contributed by atoms with Crippen LogP contribution < -0.4 is 15.0 Å². The molecule has 1 saturated heterocycles. The van der Waals surface area contributed by atoms with E-state index in [9.17, 15) is 4.79 Å². The van der Waals surface area contributed by atoms with E-state index in [1.807, 2.05) is 19.0 Å². The Morgan fingerprint density at radius 2 is 2.08 bits per heavy atom. The molecule has 2 rings (SSSR count). The van der Waals surface area contributed by atoms with Gasteiger partial charge in [0, 0.05) is 51.4 Å². The maximum Gasteiger partial charge on any atom is 0.228 e. The average molecular weight is 380 g/mol. The summed E-state index contributed by atoms with van der Waals surface area (Å²) in [5, 5.41) is 3.07. The Labute approximate surface area is 156 Å². The summed E-state index contributed by atoms with van der Waals surface area (Å²) in [5.74, 6) is 1.58. The topological polar surface area (TPSA) is 70.6 Å². The minimum absolute atomic E-state index is 0. The van der Waals surface area contributed by atoms with Crippen LogP contribution in [-0.4, -0.2) is 68.2 Å². The quantitative estimate of drug-likeness (QED) is 0.801. The highest BCUT2D eigenvalue weighted by Gasteiger charge is 2.28. The van der Waals surface area contributed by atoms with Crippen molar-refractivity contribution >= 4 is 36.7 Å². The second-order valence-corrected chi connectivity index (χ2v) is 5.52. The summed E-state index contributed by atoms with van der Waals surface area (Å²) < 4.78 is 5.13. The zero-order chi connectivity index (χ0) is 15.9. The molecule has 0 saturated carbocycles. The summed E-state index contributed by atoms with van der Waals surface area (Å²) in [6.07, 6.45) is 3.37. The lowest BCUT2D eigenvalue weighted by Gasteiger charge is -2.33. The van der Waals surface area contributed by atoms with E-state index >= 15 is 0 Å². The molecule has 1 aromatic rings. The number of nitrogens with zero attached hydrogens (tertiary/aromatic N) is 4. The molecule has 0 aliphatic carbocycles. The van der Waals surface area contributed by atoms with Crippen molar-refractivity contribution in [2.24, 2.45) is 5.92 Å². The molecule has 1 N–H and O–H groups in total. The Hall–Kier alpha value is -1.31. The molecule has 0 unspecified atom stereocenters. The Bertz CT molecular complexity index is 499.